The van der Waals surface area contributed by atoms with Gasteiger partial charge in [-0.1, -0.05) is 46.5 Å². The van der Waals surface area contributed by atoms with Crippen molar-refractivity contribution in [1.29, 1.82) is 0 Å². The fourth-order valence-corrected chi connectivity index (χ4v) is 5.67. The van der Waals surface area contributed by atoms with Crippen LogP contribution >= 0.6 is 0 Å². The summed E-state index contributed by atoms with van der Waals surface area (Å²) >= 11 is 0. The molecule has 1 saturated heterocycles. The van der Waals surface area contributed by atoms with Crippen molar-refractivity contribution in [3.8, 4) is 0 Å². The first-order valence-electron chi connectivity index (χ1n) is 13.7. The van der Waals surface area contributed by atoms with Crippen LogP contribution in [0.3, 0.4) is 0 Å². The summed E-state index contributed by atoms with van der Waals surface area (Å²) in [5.41, 5.74) is 0.243. The Hall–Kier alpha value is -2.88. The van der Waals surface area contributed by atoms with Crippen molar-refractivity contribution in [2.75, 3.05) is 26.7 Å². The Kier molecular flexibility index (Phi) is 9.98. The van der Waals surface area contributed by atoms with Crippen LogP contribution in [-0.4, -0.2) is 83.0 Å². The van der Waals surface area contributed by atoms with Crippen molar-refractivity contribution in [3.63, 3.8) is 0 Å². The molecule has 0 radical (unpaired) electrons. The van der Waals surface area contributed by atoms with Gasteiger partial charge in [0.05, 0.1) is 18.7 Å². The number of likely N-dealkylation sites (tertiary alicyclic amines) is 1. The molecule has 1 aromatic rings. The van der Waals surface area contributed by atoms with Crippen molar-refractivity contribution < 1.29 is 28.8 Å². The highest BCUT2D eigenvalue weighted by atomic mass is 16.5. The number of nitrogens with zero attached hydrogens (tertiary/aromatic N) is 3. The topological polar surface area (TPSA) is 123 Å². The molecule has 0 unspecified atom stereocenters. The van der Waals surface area contributed by atoms with E-state index < -0.39 is 17.4 Å². The number of carbonyl (C=O) groups is 4. The van der Waals surface area contributed by atoms with Crippen LogP contribution < -0.4 is 5.32 Å². The minimum atomic E-state index is -0.778. The number of rotatable bonds is 10. The van der Waals surface area contributed by atoms with Gasteiger partial charge in [0, 0.05) is 31.7 Å². The number of likely N-dealkylation sites (N-methyl/N-ethyl adjacent to an activating group) is 1. The Morgan fingerprint density at radius 1 is 1.18 bits per heavy atom. The quantitative estimate of drug-likeness (QED) is 0.271. The standard InChI is InChI=1S/C28H44N4O6/c1-19-12-15-38-23(19)26(35)31-13-10-22(11-14-31)30(5)27(36)24(28(2,3)4)29-25(34)21(17-32(37)18-33)16-20-8-6-7-9-20/h12,15,18,20-22,24,37H,6-11,13-14,16-17H2,1-5H3,(H,29,34)/t21-,24-/m1/s1. The minimum absolute atomic E-state index is 0.0664. The van der Waals surface area contributed by atoms with Crippen LogP contribution in [0.4, 0.5) is 0 Å². The molecule has 0 bridgehead atoms. The average Bonchev–Trinajstić information content (AvgIpc) is 3.56. The normalized spacial score (nSPS) is 18.6. The lowest BCUT2D eigenvalue weighted by Gasteiger charge is -2.40. The number of hydrogen-bond acceptors (Lipinski definition) is 6. The van der Waals surface area contributed by atoms with Crippen molar-refractivity contribution in [2.45, 2.75) is 84.7 Å². The van der Waals surface area contributed by atoms with Crippen molar-refractivity contribution in [2.24, 2.45) is 17.3 Å². The maximum atomic E-state index is 13.7. The van der Waals surface area contributed by atoms with Gasteiger partial charge in [-0.3, -0.25) is 24.4 Å². The van der Waals surface area contributed by atoms with Gasteiger partial charge in [-0.15, -0.1) is 0 Å². The van der Waals surface area contributed by atoms with E-state index in [1.54, 1.807) is 22.9 Å². The Bertz CT molecular complexity index is 972. The maximum absolute atomic E-state index is 13.7. The van der Waals surface area contributed by atoms with E-state index in [9.17, 15) is 24.4 Å². The lowest BCUT2D eigenvalue weighted by Crippen LogP contribution is -2.58. The van der Waals surface area contributed by atoms with Gasteiger partial charge < -0.3 is 19.5 Å². The first kappa shape index (κ1) is 29.7. The van der Waals surface area contributed by atoms with Crippen LogP contribution in [-0.2, 0) is 14.4 Å². The highest BCUT2D eigenvalue weighted by Crippen LogP contribution is 2.31. The second kappa shape index (κ2) is 12.8. The zero-order valence-electron chi connectivity index (χ0n) is 23.4. The molecular formula is C28H44N4O6. The van der Waals surface area contributed by atoms with E-state index in [0.717, 1.165) is 31.2 Å². The monoisotopic (exact) mass is 532 g/mol. The van der Waals surface area contributed by atoms with Crippen LogP contribution in [0.15, 0.2) is 16.7 Å². The zero-order chi connectivity index (χ0) is 28.0. The van der Waals surface area contributed by atoms with E-state index in [0.29, 0.717) is 55.5 Å². The lowest BCUT2D eigenvalue weighted by molar-refractivity contribution is -0.156. The predicted octanol–water partition coefficient (Wildman–Crippen LogP) is 3.23. The Labute approximate surface area is 225 Å². The number of carbonyl (C=O) groups excluding carboxylic acids is 4. The summed E-state index contributed by atoms with van der Waals surface area (Å²) in [6.07, 6.45) is 7.94. The van der Waals surface area contributed by atoms with Gasteiger partial charge in [0.15, 0.2) is 5.76 Å². The Balaban J connectivity index is 1.65. The Morgan fingerprint density at radius 2 is 1.82 bits per heavy atom. The van der Waals surface area contributed by atoms with Crippen LogP contribution in [0.25, 0.3) is 0 Å². The predicted molar refractivity (Wildman–Crippen MR) is 141 cm³/mol. The summed E-state index contributed by atoms with van der Waals surface area (Å²) in [7, 11) is 1.75. The van der Waals surface area contributed by atoms with E-state index in [-0.39, 0.29) is 30.3 Å². The van der Waals surface area contributed by atoms with Gasteiger partial charge >= 0.3 is 0 Å². The summed E-state index contributed by atoms with van der Waals surface area (Å²) in [5.74, 6) is -0.527. The second-order valence-corrected chi connectivity index (χ2v) is 12.0. The van der Waals surface area contributed by atoms with Crippen LogP contribution in [0.2, 0.25) is 0 Å². The molecule has 1 aliphatic heterocycles. The summed E-state index contributed by atoms with van der Waals surface area (Å²) in [6, 6.07) is 0.922. The molecule has 2 fully saturated rings. The number of amides is 4. The zero-order valence-corrected chi connectivity index (χ0v) is 23.4. The van der Waals surface area contributed by atoms with Crippen molar-refractivity contribution in [1.82, 2.24) is 20.2 Å². The molecule has 3 rings (SSSR count). The third kappa shape index (κ3) is 7.36. The lowest BCUT2D eigenvalue weighted by atomic mass is 9.84. The molecule has 0 aromatic carbocycles. The molecule has 2 heterocycles. The second-order valence-electron chi connectivity index (χ2n) is 12.0. The van der Waals surface area contributed by atoms with E-state index in [1.165, 1.54) is 6.26 Å². The molecule has 2 N–H and O–H groups in total. The van der Waals surface area contributed by atoms with Crippen LogP contribution in [0, 0.1) is 24.2 Å². The van der Waals surface area contributed by atoms with Crippen molar-refractivity contribution >= 4 is 24.1 Å². The van der Waals surface area contributed by atoms with Crippen LogP contribution in [0.5, 0.6) is 0 Å². The van der Waals surface area contributed by atoms with Gasteiger partial charge in [-0.05, 0) is 43.6 Å². The van der Waals surface area contributed by atoms with Gasteiger partial charge in [0.2, 0.25) is 18.2 Å². The smallest absolute Gasteiger partial charge is 0.289 e. The van der Waals surface area contributed by atoms with Gasteiger partial charge in [0.1, 0.15) is 6.04 Å². The van der Waals surface area contributed by atoms with E-state index >= 15 is 0 Å². The van der Waals surface area contributed by atoms with Crippen LogP contribution in [0.1, 0.15) is 81.8 Å². The third-order valence-electron chi connectivity index (χ3n) is 8.10. The van der Waals surface area contributed by atoms with Gasteiger partial charge in [0.25, 0.3) is 5.91 Å². The molecule has 0 spiro atoms. The maximum Gasteiger partial charge on any atom is 0.289 e. The molecule has 212 valence electrons. The summed E-state index contributed by atoms with van der Waals surface area (Å²) in [4.78, 5) is 54.4. The molecule has 38 heavy (non-hydrogen) atoms. The molecule has 4 amide bonds. The Morgan fingerprint density at radius 3 is 2.34 bits per heavy atom. The van der Waals surface area contributed by atoms with E-state index in [2.05, 4.69) is 5.32 Å². The summed E-state index contributed by atoms with van der Waals surface area (Å²) < 4.78 is 5.36. The minimum Gasteiger partial charge on any atom is -0.459 e. The first-order valence-corrected chi connectivity index (χ1v) is 13.7. The molecule has 2 aliphatic rings. The van der Waals surface area contributed by atoms with Gasteiger partial charge in [-0.25, -0.2) is 5.06 Å². The van der Waals surface area contributed by atoms with Crippen molar-refractivity contribution in [3.05, 3.63) is 23.7 Å². The molecule has 1 aliphatic carbocycles. The average molecular weight is 533 g/mol. The fraction of sp³-hybridized carbons (Fsp3) is 0.714. The SMILES string of the molecule is Cc1ccoc1C(=O)N1CCC(N(C)C(=O)[C@@H](NC(=O)[C@H](CC2CCCC2)CN(O)C=O)C(C)(C)C)CC1. The molecule has 10 nitrogen and oxygen atoms in total. The number of aryl methyl sites for hydroxylation is 1. The third-order valence-corrected chi connectivity index (χ3v) is 8.10. The summed E-state index contributed by atoms with van der Waals surface area (Å²) in [6.45, 7) is 8.48. The number of hydrogen-bond donors (Lipinski definition) is 2. The van der Waals surface area contributed by atoms with E-state index in [4.69, 9.17) is 4.42 Å². The fourth-order valence-electron chi connectivity index (χ4n) is 5.67. The number of furan rings is 1. The number of hydroxylamine groups is 2. The highest BCUT2D eigenvalue weighted by molar-refractivity contribution is 5.93. The molecular weight excluding hydrogens is 488 g/mol. The number of piperidine rings is 1. The molecule has 10 heteroatoms. The first-order chi connectivity index (χ1) is 17.9. The van der Waals surface area contributed by atoms with Gasteiger partial charge in [-0.2, -0.15) is 0 Å². The molecule has 2 atom stereocenters. The molecule has 1 aromatic heterocycles. The summed E-state index contributed by atoms with van der Waals surface area (Å²) in [5, 5.41) is 13.3. The highest BCUT2D eigenvalue weighted by Gasteiger charge is 2.39. The number of nitrogens with one attached hydrogen (secondary N) is 1. The molecule has 1 saturated carbocycles. The largest absolute Gasteiger partial charge is 0.459 e. The van der Waals surface area contributed by atoms with E-state index in [1.807, 2.05) is 27.7 Å².